The van der Waals surface area contributed by atoms with Gasteiger partial charge in [-0.3, -0.25) is 0 Å². The van der Waals surface area contributed by atoms with Crippen molar-refractivity contribution in [2.24, 2.45) is 5.92 Å². The Morgan fingerprint density at radius 1 is 1.39 bits per heavy atom. The first-order valence-corrected chi connectivity index (χ1v) is 6.60. The first-order chi connectivity index (χ1) is 8.63. The van der Waals surface area contributed by atoms with Gasteiger partial charge in [-0.1, -0.05) is 25.4 Å². The van der Waals surface area contributed by atoms with Gasteiger partial charge in [0.05, 0.1) is 17.3 Å². The van der Waals surface area contributed by atoms with Gasteiger partial charge in [-0.2, -0.15) is 0 Å². The number of aromatic nitrogens is 1. The lowest BCUT2D eigenvalue weighted by molar-refractivity contribution is 0.210. The van der Waals surface area contributed by atoms with Gasteiger partial charge >= 0.3 is 0 Å². The zero-order chi connectivity index (χ0) is 13.4. The van der Waals surface area contributed by atoms with Crippen molar-refractivity contribution in [2.75, 3.05) is 32.1 Å². The van der Waals surface area contributed by atoms with Crippen LogP contribution in [-0.4, -0.2) is 31.8 Å². The van der Waals surface area contributed by atoms with E-state index in [1.807, 2.05) is 12.1 Å². The second-order valence-electron chi connectivity index (χ2n) is 4.57. The molecular formula is C13H22ClN3O. The number of nitrogens with one attached hydrogen (secondary N) is 2. The molecule has 18 heavy (non-hydrogen) atoms. The van der Waals surface area contributed by atoms with Crippen LogP contribution in [0, 0.1) is 5.92 Å². The average Bonchev–Trinajstić information content (AvgIpc) is 2.33. The monoisotopic (exact) mass is 271 g/mol. The van der Waals surface area contributed by atoms with Crippen molar-refractivity contribution in [3.05, 3.63) is 22.8 Å². The molecule has 1 aromatic rings. The largest absolute Gasteiger partial charge is 0.383 e. The molecular weight excluding hydrogens is 250 g/mol. The van der Waals surface area contributed by atoms with Crippen molar-refractivity contribution in [1.82, 2.24) is 10.3 Å². The summed E-state index contributed by atoms with van der Waals surface area (Å²) in [5.41, 5.74) is 0.875. The lowest BCUT2D eigenvalue weighted by Crippen LogP contribution is -2.20. The van der Waals surface area contributed by atoms with Gasteiger partial charge in [-0.25, -0.2) is 4.98 Å². The SMILES string of the molecule is COCCNc1ccc(Cl)c(CNCC(C)C)n1. The first kappa shape index (κ1) is 15.2. The number of methoxy groups -OCH3 is 1. The molecule has 0 aliphatic heterocycles. The van der Waals surface area contributed by atoms with E-state index in [-0.39, 0.29) is 0 Å². The lowest BCUT2D eigenvalue weighted by atomic mass is 10.2. The van der Waals surface area contributed by atoms with Crippen LogP contribution < -0.4 is 10.6 Å². The Labute approximate surface area is 114 Å². The maximum atomic E-state index is 6.12. The van der Waals surface area contributed by atoms with Crippen LogP contribution in [0.2, 0.25) is 5.02 Å². The summed E-state index contributed by atoms with van der Waals surface area (Å²) in [7, 11) is 1.68. The highest BCUT2D eigenvalue weighted by Gasteiger charge is 2.04. The molecule has 0 spiro atoms. The van der Waals surface area contributed by atoms with Crippen LogP contribution in [0.3, 0.4) is 0 Å². The van der Waals surface area contributed by atoms with E-state index < -0.39 is 0 Å². The zero-order valence-corrected chi connectivity index (χ0v) is 12.0. The summed E-state index contributed by atoms with van der Waals surface area (Å²) in [6.45, 7) is 7.39. The van der Waals surface area contributed by atoms with Gasteiger partial charge in [0.15, 0.2) is 0 Å². The topological polar surface area (TPSA) is 46.2 Å². The van der Waals surface area contributed by atoms with E-state index in [2.05, 4.69) is 29.5 Å². The Hall–Kier alpha value is -0.840. The number of hydrogen-bond acceptors (Lipinski definition) is 4. The third-order valence-corrected chi connectivity index (χ3v) is 2.72. The van der Waals surface area contributed by atoms with E-state index in [1.165, 1.54) is 0 Å². The number of hydrogen-bond donors (Lipinski definition) is 2. The van der Waals surface area contributed by atoms with Gasteiger partial charge in [0.1, 0.15) is 5.82 Å². The number of ether oxygens (including phenoxy) is 1. The van der Waals surface area contributed by atoms with Gasteiger partial charge in [-0.05, 0) is 24.6 Å². The van der Waals surface area contributed by atoms with Crippen molar-refractivity contribution in [3.63, 3.8) is 0 Å². The molecule has 0 radical (unpaired) electrons. The van der Waals surface area contributed by atoms with Gasteiger partial charge in [-0.15, -0.1) is 0 Å². The van der Waals surface area contributed by atoms with Crippen molar-refractivity contribution >= 4 is 17.4 Å². The smallest absolute Gasteiger partial charge is 0.126 e. The zero-order valence-electron chi connectivity index (χ0n) is 11.3. The van der Waals surface area contributed by atoms with Gasteiger partial charge in [0.2, 0.25) is 0 Å². The highest BCUT2D eigenvalue weighted by Crippen LogP contribution is 2.16. The molecule has 0 saturated carbocycles. The molecule has 0 aliphatic rings. The minimum absolute atomic E-state index is 0.617. The van der Waals surface area contributed by atoms with Crippen LogP contribution in [0.5, 0.6) is 0 Å². The summed E-state index contributed by atoms with van der Waals surface area (Å²) in [5, 5.41) is 7.22. The Balaban J connectivity index is 2.52. The number of anilines is 1. The Morgan fingerprint density at radius 2 is 2.17 bits per heavy atom. The van der Waals surface area contributed by atoms with Crippen LogP contribution in [0.25, 0.3) is 0 Å². The van der Waals surface area contributed by atoms with E-state index in [4.69, 9.17) is 16.3 Å². The van der Waals surface area contributed by atoms with Crippen molar-refractivity contribution in [1.29, 1.82) is 0 Å². The first-order valence-electron chi connectivity index (χ1n) is 6.22. The van der Waals surface area contributed by atoms with E-state index in [0.29, 0.717) is 24.1 Å². The van der Waals surface area contributed by atoms with Crippen LogP contribution in [-0.2, 0) is 11.3 Å². The molecule has 0 aliphatic carbocycles. The number of halogens is 1. The van der Waals surface area contributed by atoms with E-state index >= 15 is 0 Å². The average molecular weight is 272 g/mol. The Bertz CT molecular complexity index is 358. The fourth-order valence-corrected chi connectivity index (χ4v) is 1.64. The number of pyridine rings is 1. The second-order valence-corrected chi connectivity index (χ2v) is 4.98. The highest BCUT2D eigenvalue weighted by atomic mass is 35.5. The van der Waals surface area contributed by atoms with Crippen LogP contribution in [0.1, 0.15) is 19.5 Å². The number of nitrogens with zero attached hydrogens (tertiary/aromatic N) is 1. The molecule has 1 rings (SSSR count). The molecule has 4 nitrogen and oxygen atoms in total. The molecule has 5 heteroatoms. The van der Waals surface area contributed by atoms with Crippen LogP contribution in [0.4, 0.5) is 5.82 Å². The Morgan fingerprint density at radius 3 is 2.83 bits per heavy atom. The predicted octanol–water partition coefficient (Wildman–Crippen LogP) is 2.54. The van der Waals surface area contributed by atoms with E-state index in [0.717, 1.165) is 24.6 Å². The molecule has 0 aromatic carbocycles. The molecule has 102 valence electrons. The molecule has 1 heterocycles. The minimum atomic E-state index is 0.617. The lowest BCUT2D eigenvalue weighted by Gasteiger charge is -2.10. The third-order valence-electron chi connectivity index (χ3n) is 2.38. The molecule has 0 unspecified atom stereocenters. The third kappa shape index (κ3) is 5.67. The van der Waals surface area contributed by atoms with Gasteiger partial charge in [0.25, 0.3) is 0 Å². The molecule has 1 aromatic heterocycles. The molecule has 0 amide bonds. The summed E-state index contributed by atoms with van der Waals surface area (Å²) < 4.78 is 4.98. The fraction of sp³-hybridized carbons (Fsp3) is 0.615. The maximum absolute atomic E-state index is 6.12. The van der Waals surface area contributed by atoms with Crippen LogP contribution >= 0.6 is 11.6 Å². The summed E-state index contributed by atoms with van der Waals surface area (Å²) >= 11 is 6.12. The summed E-state index contributed by atoms with van der Waals surface area (Å²) in [6, 6.07) is 3.75. The summed E-state index contributed by atoms with van der Waals surface area (Å²) in [6.07, 6.45) is 0. The molecule has 0 bridgehead atoms. The molecule has 0 saturated heterocycles. The van der Waals surface area contributed by atoms with Crippen molar-refractivity contribution in [2.45, 2.75) is 20.4 Å². The van der Waals surface area contributed by atoms with Gasteiger partial charge < -0.3 is 15.4 Å². The summed E-state index contributed by atoms with van der Waals surface area (Å²) in [5.74, 6) is 1.45. The molecule has 0 atom stereocenters. The van der Waals surface area contributed by atoms with Crippen molar-refractivity contribution in [3.8, 4) is 0 Å². The minimum Gasteiger partial charge on any atom is -0.383 e. The second kappa shape index (κ2) is 8.29. The number of rotatable bonds is 8. The Kier molecular flexibility index (Phi) is 7.01. The summed E-state index contributed by atoms with van der Waals surface area (Å²) in [4.78, 5) is 4.48. The quantitative estimate of drug-likeness (QED) is 0.714. The van der Waals surface area contributed by atoms with E-state index in [9.17, 15) is 0 Å². The fourth-order valence-electron chi connectivity index (χ4n) is 1.47. The van der Waals surface area contributed by atoms with Gasteiger partial charge in [0, 0.05) is 20.2 Å². The van der Waals surface area contributed by atoms with Crippen LogP contribution in [0.15, 0.2) is 12.1 Å². The standard InChI is InChI=1S/C13H22ClN3O/c1-10(2)8-15-9-12-11(14)4-5-13(17-12)16-6-7-18-3/h4-5,10,15H,6-9H2,1-3H3,(H,16,17). The molecule has 0 fully saturated rings. The predicted molar refractivity (Wildman–Crippen MR) is 76.2 cm³/mol. The van der Waals surface area contributed by atoms with E-state index in [1.54, 1.807) is 7.11 Å². The maximum Gasteiger partial charge on any atom is 0.126 e. The normalized spacial score (nSPS) is 10.9. The highest BCUT2D eigenvalue weighted by molar-refractivity contribution is 6.31. The molecule has 2 N–H and O–H groups in total. The van der Waals surface area contributed by atoms with Crippen molar-refractivity contribution < 1.29 is 4.74 Å².